The smallest absolute Gasteiger partial charge is 0.0623 e. The van der Waals surface area contributed by atoms with E-state index in [4.69, 9.17) is 2.74 Å². The highest BCUT2D eigenvalue weighted by molar-refractivity contribution is 5.14. The molecule has 0 fully saturated rings. The molecule has 0 nitrogen and oxygen atoms in total. The van der Waals surface area contributed by atoms with Crippen LogP contribution in [0.2, 0.25) is 0 Å². The molecule has 0 aliphatic heterocycles. The van der Waals surface area contributed by atoms with E-state index >= 15 is 0 Å². The summed E-state index contributed by atoms with van der Waals surface area (Å²) in [6, 6.07) is 6.08. The molecule has 0 spiro atoms. The molecule has 0 N–H and O–H groups in total. The van der Waals surface area contributed by atoms with E-state index in [-0.39, 0.29) is 0 Å². The van der Waals surface area contributed by atoms with Gasteiger partial charge in [0.1, 0.15) is 0 Å². The van der Waals surface area contributed by atoms with Crippen LogP contribution in [0.1, 0.15) is 28.1 Å². The van der Waals surface area contributed by atoms with Crippen LogP contribution >= 0.6 is 0 Å². The molecule has 0 aliphatic rings. The quantitative estimate of drug-likeness (QED) is 0.599. The lowest BCUT2D eigenvalue weighted by Gasteiger charge is -1.96. The molecular formula is C10H14. The van der Waals surface area contributed by atoms with Crippen molar-refractivity contribution < 1.29 is 2.74 Å². The molecule has 0 radical (unpaired) electrons. The molecule has 1 aromatic rings. The van der Waals surface area contributed by atoms with Gasteiger partial charge in [-0.1, -0.05) is 43.6 Å². The van der Waals surface area contributed by atoms with Crippen LogP contribution < -0.4 is 0 Å². The zero-order valence-electron chi connectivity index (χ0n) is 8.35. The summed E-state index contributed by atoms with van der Waals surface area (Å²) in [5.74, 6) is 0. The van der Waals surface area contributed by atoms with E-state index in [0.717, 1.165) is 12.8 Å². The van der Waals surface area contributed by atoms with E-state index in [1.54, 1.807) is 12.1 Å². The second kappa shape index (κ2) is 4.10. The fourth-order valence-corrected chi connectivity index (χ4v) is 0.916. The van der Waals surface area contributed by atoms with Crippen molar-refractivity contribution in [3.05, 3.63) is 35.8 Å². The summed E-state index contributed by atoms with van der Waals surface area (Å²) in [5.41, 5.74) is 1.18. The Balaban J connectivity index is 2.69. The molecule has 0 atom stereocenters. The van der Waals surface area contributed by atoms with E-state index in [0.29, 0.717) is 12.1 Å². The third kappa shape index (κ3) is 2.22. The Bertz CT molecular complexity index is 256. The fourth-order valence-electron chi connectivity index (χ4n) is 0.916. The number of hydrogen-bond acceptors (Lipinski definition) is 0. The number of aryl methyl sites for hydroxylation is 1. The highest BCUT2D eigenvalue weighted by Gasteiger charge is 1.87. The Hall–Kier alpha value is -0.780. The van der Waals surface area contributed by atoms with Gasteiger partial charge in [0.05, 0.1) is 2.74 Å². The van der Waals surface area contributed by atoms with E-state index in [1.165, 1.54) is 12.0 Å². The van der Waals surface area contributed by atoms with Crippen LogP contribution in [0.15, 0.2) is 30.3 Å². The zero-order chi connectivity index (χ0) is 8.97. The number of rotatable bonds is 3. The molecular weight excluding hydrogens is 120 g/mol. The van der Waals surface area contributed by atoms with Crippen molar-refractivity contribution in [1.29, 1.82) is 0 Å². The molecule has 0 amide bonds. The lowest BCUT2D eigenvalue weighted by atomic mass is 10.1. The van der Waals surface area contributed by atoms with Crippen molar-refractivity contribution >= 4 is 0 Å². The SMILES string of the molecule is [2H]c1ccc(CCCC)cc1[2H]. The first-order valence-corrected chi connectivity index (χ1v) is 3.80. The molecule has 0 bridgehead atoms. The van der Waals surface area contributed by atoms with Gasteiger partial charge < -0.3 is 0 Å². The fraction of sp³-hybridized carbons (Fsp3) is 0.400. The maximum Gasteiger partial charge on any atom is 0.0623 e. The molecule has 0 unspecified atom stereocenters. The normalized spacial score (nSPS) is 12.5. The molecule has 1 rings (SSSR count). The van der Waals surface area contributed by atoms with Gasteiger partial charge in [-0.15, -0.1) is 0 Å². The largest absolute Gasteiger partial charge is 0.0654 e. The average Bonchev–Trinajstić information content (AvgIpc) is 2.07. The molecule has 0 saturated carbocycles. The molecule has 1 aromatic carbocycles. The van der Waals surface area contributed by atoms with Gasteiger partial charge >= 0.3 is 0 Å². The van der Waals surface area contributed by atoms with Crippen LogP contribution in [0.3, 0.4) is 0 Å². The van der Waals surface area contributed by atoms with Crippen molar-refractivity contribution in [3.63, 3.8) is 0 Å². The number of unbranched alkanes of at least 4 members (excludes halogenated alkanes) is 1. The van der Waals surface area contributed by atoms with E-state index < -0.39 is 0 Å². The Kier molecular flexibility index (Phi) is 2.03. The molecule has 0 heterocycles. The Morgan fingerprint density at radius 1 is 1.40 bits per heavy atom. The van der Waals surface area contributed by atoms with Crippen molar-refractivity contribution in [2.45, 2.75) is 26.2 Å². The first-order valence-electron chi connectivity index (χ1n) is 4.80. The third-order valence-electron chi connectivity index (χ3n) is 1.54. The zero-order valence-corrected chi connectivity index (χ0v) is 6.35. The second-order valence-corrected chi connectivity index (χ2v) is 2.44. The molecule has 0 heteroatoms. The van der Waals surface area contributed by atoms with Gasteiger partial charge in [0.2, 0.25) is 0 Å². The monoisotopic (exact) mass is 136 g/mol. The number of hydrogen-bond donors (Lipinski definition) is 0. The van der Waals surface area contributed by atoms with E-state index in [1.807, 2.05) is 6.07 Å². The summed E-state index contributed by atoms with van der Waals surface area (Å²) in [5, 5.41) is 0. The van der Waals surface area contributed by atoms with Gasteiger partial charge in [-0.3, -0.25) is 0 Å². The van der Waals surface area contributed by atoms with Crippen molar-refractivity contribution in [2.75, 3.05) is 0 Å². The maximum absolute atomic E-state index is 7.41. The highest BCUT2D eigenvalue weighted by atomic mass is 13.9. The summed E-state index contributed by atoms with van der Waals surface area (Å²) >= 11 is 0. The average molecular weight is 136 g/mol. The summed E-state index contributed by atoms with van der Waals surface area (Å²) < 4.78 is 14.7. The van der Waals surface area contributed by atoms with Crippen molar-refractivity contribution in [2.24, 2.45) is 0 Å². The van der Waals surface area contributed by atoms with Crippen LogP contribution in [-0.2, 0) is 6.42 Å². The first-order chi connectivity index (χ1) is 5.74. The summed E-state index contributed by atoms with van der Waals surface area (Å²) in [4.78, 5) is 0. The van der Waals surface area contributed by atoms with E-state index in [9.17, 15) is 0 Å². The highest BCUT2D eigenvalue weighted by Crippen LogP contribution is 2.03. The third-order valence-corrected chi connectivity index (χ3v) is 1.54. The van der Waals surface area contributed by atoms with Gasteiger partial charge in [-0.05, 0) is 18.4 Å². The topological polar surface area (TPSA) is 0 Å². The van der Waals surface area contributed by atoms with Crippen LogP contribution in [0.25, 0.3) is 0 Å². The maximum atomic E-state index is 7.41. The lowest BCUT2D eigenvalue weighted by Crippen LogP contribution is -1.81. The summed E-state index contributed by atoms with van der Waals surface area (Å²) in [6.07, 6.45) is 3.37. The standard InChI is InChI=1S/C10H14/c1-2-3-7-10-8-5-4-6-9-10/h4-6,8-9H,2-3,7H2,1H3/i4D,5D. The molecule has 0 aliphatic carbocycles. The Labute approximate surface area is 65.7 Å². The Morgan fingerprint density at radius 2 is 2.30 bits per heavy atom. The molecule has 0 aromatic heterocycles. The Morgan fingerprint density at radius 3 is 3.00 bits per heavy atom. The minimum atomic E-state index is 0.315. The van der Waals surface area contributed by atoms with Crippen molar-refractivity contribution in [1.82, 2.24) is 0 Å². The summed E-state index contributed by atoms with van der Waals surface area (Å²) in [7, 11) is 0. The molecule has 54 valence electrons. The van der Waals surface area contributed by atoms with Crippen LogP contribution in [0.4, 0.5) is 0 Å². The lowest BCUT2D eigenvalue weighted by molar-refractivity contribution is 0.795. The van der Waals surface area contributed by atoms with Gasteiger partial charge in [0, 0.05) is 0 Å². The minimum Gasteiger partial charge on any atom is -0.0654 e. The van der Waals surface area contributed by atoms with Crippen molar-refractivity contribution in [3.8, 4) is 0 Å². The van der Waals surface area contributed by atoms with Crippen LogP contribution in [0, 0.1) is 0 Å². The number of benzene rings is 1. The van der Waals surface area contributed by atoms with E-state index in [2.05, 4.69) is 6.92 Å². The van der Waals surface area contributed by atoms with Crippen LogP contribution in [0.5, 0.6) is 0 Å². The van der Waals surface area contributed by atoms with Gasteiger partial charge in [0.15, 0.2) is 0 Å². The predicted octanol–water partition coefficient (Wildman–Crippen LogP) is 3.03. The van der Waals surface area contributed by atoms with Gasteiger partial charge in [-0.2, -0.15) is 0 Å². The van der Waals surface area contributed by atoms with Crippen LogP contribution in [-0.4, -0.2) is 0 Å². The molecule has 0 saturated heterocycles. The summed E-state index contributed by atoms with van der Waals surface area (Å²) in [6.45, 7) is 2.15. The molecule has 10 heavy (non-hydrogen) atoms. The second-order valence-electron chi connectivity index (χ2n) is 2.44. The minimum absolute atomic E-state index is 0.315. The predicted molar refractivity (Wildman–Crippen MR) is 45.1 cm³/mol. The first kappa shape index (κ1) is 4.95. The van der Waals surface area contributed by atoms with Gasteiger partial charge in [0.25, 0.3) is 0 Å². The van der Waals surface area contributed by atoms with Gasteiger partial charge in [-0.25, -0.2) is 0 Å².